The number of piperidine rings is 1. The van der Waals surface area contributed by atoms with Crippen LogP contribution in [0.5, 0.6) is 0 Å². The van der Waals surface area contributed by atoms with Crippen LogP contribution < -0.4 is 0 Å². The van der Waals surface area contributed by atoms with Gasteiger partial charge in [-0.1, -0.05) is 46.1 Å². The lowest BCUT2D eigenvalue weighted by molar-refractivity contribution is 0.291. The smallest absolute Gasteiger partial charge is 0.207 e. The number of nitrogens with zero attached hydrogens (tertiary/aromatic N) is 1. The van der Waals surface area contributed by atoms with E-state index in [2.05, 4.69) is 15.9 Å². The third-order valence-corrected chi connectivity index (χ3v) is 7.42. The normalized spacial score (nSPS) is 24.9. The lowest BCUT2D eigenvalue weighted by atomic mass is 10.0. The molecule has 1 aromatic carbocycles. The van der Waals surface area contributed by atoms with Crippen LogP contribution in [0.1, 0.15) is 13.3 Å². The zero-order valence-corrected chi connectivity index (χ0v) is 14.5. The summed E-state index contributed by atoms with van der Waals surface area (Å²) in [4.78, 5) is 0.0488. The van der Waals surface area contributed by atoms with Gasteiger partial charge in [-0.25, -0.2) is 12.8 Å². The number of halogens is 4. The summed E-state index contributed by atoms with van der Waals surface area (Å²) in [6.07, 6.45) is 0.702. The van der Waals surface area contributed by atoms with Crippen LogP contribution in [-0.2, 0) is 10.0 Å². The standard InChI is InChI=1S/C12H13BrCl2FNO2S/c1-7-6-17(5-4-8(7)13)20(18,19)10-3-2-9(14)12(16)11(10)15/h2-3,7-8H,4-6H2,1H3. The molecule has 1 aliphatic rings. The first kappa shape index (κ1) is 16.5. The Morgan fingerprint density at radius 3 is 2.65 bits per heavy atom. The van der Waals surface area contributed by atoms with Crippen molar-refractivity contribution in [3.63, 3.8) is 0 Å². The number of alkyl halides is 1. The Morgan fingerprint density at radius 2 is 2.05 bits per heavy atom. The second-order valence-electron chi connectivity index (χ2n) is 4.82. The minimum absolute atomic E-state index is 0.175. The largest absolute Gasteiger partial charge is 0.244 e. The van der Waals surface area contributed by atoms with Gasteiger partial charge in [-0.3, -0.25) is 0 Å². The van der Waals surface area contributed by atoms with Crippen LogP contribution in [0.2, 0.25) is 10.0 Å². The summed E-state index contributed by atoms with van der Waals surface area (Å²) < 4.78 is 40.1. The second kappa shape index (κ2) is 6.08. The van der Waals surface area contributed by atoms with Gasteiger partial charge >= 0.3 is 0 Å². The number of sulfonamides is 1. The molecule has 2 atom stereocenters. The predicted molar refractivity (Wildman–Crippen MR) is 81.7 cm³/mol. The van der Waals surface area contributed by atoms with Gasteiger partial charge in [0.25, 0.3) is 0 Å². The van der Waals surface area contributed by atoms with Crippen LogP contribution in [0.4, 0.5) is 4.39 Å². The quantitative estimate of drug-likeness (QED) is 0.553. The molecule has 1 aromatic rings. The van der Waals surface area contributed by atoms with Crippen molar-refractivity contribution in [3.05, 3.63) is 28.0 Å². The fourth-order valence-corrected chi connectivity index (χ4v) is 4.79. The maximum atomic E-state index is 13.7. The van der Waals surface area contributed by atoms with Crippen molar-refractivity contribution in [1.82, 2.24) is 4.31 Å². The van der Waals surface area contributed by atoms with Crippen molar-refractivity contribution in [3.8, 4) is 0 Å². The van der Waals surface area contributed by atoms with E-state index in [-0.39, 0.29) is 20.7 Å². The van der Waals surface area contributed by atoms with Gasteiger partial charge < -0.3 is 0 Å². The summed E-state index contributed by atoms with van der Waals surface area (Å²) in [5.74, 6) is -0.729. The van der Waals surface area contributed by atoms with Gasteiger partial charge in [-0.15, -0.1) is 0 Å². The number of hydrogen-bond acceptors (Lipinski definition) is 2. The summed E-state index contributed by atoms with van der Waals surface area (Å²) in [6.45, 7) is 2.72. The highest BCUT2D eigenvalue weighted by Gasteiger charge is 2.34. The summed E-state index contributed by atoms with van der Waals surface area (Å²) in [7, 11) is -3.81. The van der Waals surface area contributed by atoms with Crippen LogP contribution >= 0.6 is 39.1 Å². The first-order valence-electron chi connectivity index (χ1n) is 6.03. The third kappa shape index (κ3) is 2.99. The van der Waals surface area contributed by atoms with Crippen LogP contribution in [0.3, 0.4) is 0 Å². The molecule has 0 bridgehead atoms. The highest BCUT2D eigenvalue weighted by atomic mass is 79.9. The molecule has 0 amide bonds. The van der Waals surface area contributed by atoms with Crippen molar-refractivity contribution >= 4 is 49.2 Å². The highest BCUT2D eigenvalue weighted by Crippen LogP contribution is 2.33. The van der Waals surface area contributed by atoms with Gasteiger partial charge in [0.1, 0.15) is 4.90 Å². The zero-order valence-electron chi connectivity index (χ0n) is 10.6. The van der Waals surface area contributed by atoms with E-state index in [1.165, 1.54) is 16.4 Å². The number of benzene rings is 1. The molecule has 3 nitrogen and oxygen atoms in total. The molecule has 0 aromatic heterocycles. The van der Waals surface area contributed by atoms with Crippen LogP contribution in [0.25, 0.3) is 0 Å². The Balaban J connectivity index is 2.39. The van der Waals surface area contributed by atoms with E-state index in [1.54, 1.807) is 0 Å². The van der Waals surface area contributed by atoms with Crippen LogP contribution in [0.15, 0.2) is 17.0 Å². The summed E-state index contributed by atoms with van der Waals surface area (Å²) >= 11 is 14.9. The zero-order chi connectivity index (χ0) is 15.1. The minimum Gasteiger partial charge on any atom is -0.207 e. The first-order chi connectivity index (χ1) is 9.25. The van der Waals surface area contributed by atoms with Crippen LogP contribution in [-0.4, -0.2) is 30.6 Å². The molecule has 0 radical (unpaired) electrons. The van der Waals surface area contributed by atoms with E-state index in [0.717, 1.165) is 0 Å². The van der Waals surface area contributed by atoms with Crippen molar-refractivity contribution in [2.75, 3.05) is 13.1 Å². The molecule has 1 saturated heterocycles. The molecule has 0 N–H and O–H groups in total. The van der Waals surface area contributed by atoms with Gasteiger partial charge in [0.05, 0.1) is 10.0 Å². The maximum Gasteiger partial charge on any atom is 0.244 e. The Bertz CT molecular complexity index is 626. The lowest BCUT2D eigenvalue weighted by Crippen LogP contribution is -2.43. The Hall–Kier alpha value is 0.120. The predicted octanol–water partition coefficient (Wildman–Crippen LogP) is 3.93. The van der Waals surface area contributed by atoms with E-state index >= 15 is 0 Å². The second-order valence-corrected chi connectivity index (χ2v) is 8.69. The van der Waals surface area contributed by atoms with E-state index in [9.17, 15) is 12.8 Å². The summed E-state index contributed by atoms with van der Waals surface area (Å²) in [5, 5.41) is -0.646. The van der Waals surface area contributed by atoms with Gasteiger partial charge in [0, 0.05) is 17.9 Å². The minimum atomic E-state index is -3.81. The molecule has 0 spiro atoms. The van der Waals surface area contributed by atoms with Gasteiger partial charge in [-0.05, 0) is 24.5 Å². The molecule has 0 aliphatic carbocycles. The summed E-state index contributed by atoms with van der Waals surface area (Å²) in [5.41, 5.74) is 0. The van der Waals surface area contributed by atoms with Crippen molar-refractivity contribution < 1.29 is 12.8 Å². The van der Waals surface area contributed by atoms with Crippen molar-refractivity contribution in [2.45, 2.75) is 23.1 Å². The van der Waals surface area contributed by atoms with Crippen molar-refractivity contribution in [2.24, 2.45) is 5.92 Å². The monoisotopic (exact) mass is 403 g/mol. The van der Waals surface area contributed by atoms with E-state index in [1.807, 2.05) is 6.92 Å². The average molecular weight is 405 g/mol. The third-order valence-electron chi connectivity index (χ3n) is 3.38. The highest BCUT2D eigenvalue weighted by molar-refractivity contribution is 9.09. The Morgan fingerprint density at radius 1 is 1.40 bits per heavy atom. The SMILES string of the molecule is CC1CN(S(=O)(=O)c2ccc(Cl)c(F)c2Cl)CCC1Br. The molecule has 8 heteroatoms. The van der Waals surface area contributed by atoms with E-state index < -0.39 is 20.9 Å². The fraction of sp³-hybridized carbons (Fsp3) is 0.500. The average Bonchev–Trinajstić information content (AvgIpc) is 2.38. The number of rotatable bonds is 2. The Kier molecular flexibility index (Phi) is 5.02. The molecule has 0 saturated carbocycles. The molecule has 20 heavy (non-hydrogen) atoms. The molecule has 1 aliphatic heterocycles. The van der Waals surface area contributed by atoms with Gasteiger partial charge in [0.15, 0.2) is 5.82 Å². The van der Waals surface area contributed by atoms with Crippen molar-refractivity contribution in [1.29, 1.82) is 0 Å². The molecule has 112 valence electrons. The topological polar surface area (TPSA) is 37.4 Å². The van der Waals surface area contributed by atoms with Gasteiger partial charge in [-0.2, -0.15) is 4.31 Å². The molecule has 2 rings (SSSR count). The molecule has 1 fully saturated rings. The number of hydrogen-bond donors (Lipinski definition) is 0. The fourth-order valence-electron chi connectivity index (χ4n) is 2.14. The van der Waals surface area contributed by atoms with E-state index in [0.29, 0.717) is 19.5 Å². The molecule has 1 heterocycles. The van der Waals surface area contributed by atoms with Crippen LogP contribution in [0, 0.1) is 11.7 Å². The lowest BCUT2D eigenvalue weighted by Gasteiger charge is -2.33. The Labute approximate surface area is 136 Å². The molecular weight excluding hydrogens is 392 g/mol. The molecular formula is C12H13BrCl2FNO2S. The maximum absolute atomic E-state index is 13.7. The molecule has 2 unspecified atom stereocenters. The summed E-state index contributed by atoms with van der Waals surface area (Å²) in [6, 6.07) is 2.45. The first-order valence-corrected chi connectivity index (χ1v) is 9.14. The van der Waals surface area contributed by atoms with E-state index in [4.69, 9.17) is 23.2 Å². The van der Waals surface area contributed by atoms with Gasteiger partial charge in [0.2, 0.25) is 10.0 Å².